The van der Waals surface area contributed by atoms with Gasteiger partial charge in [-0.1, -0.05) is 45.0 Å². The molecule has 0 atom stereocenters. The van der Waals surface area contributed by atoms with Crippen LogP contribution >= 0.6 is 0 Å². The molecule has 0 amide bonds. The Balaban J connectivity index is 1.70. The molecule has 0 aliphatic carbocycles. The topological polar surface area (TPSA) is 67.2 Å². The van der Waals surface area contributed by atoms with Crippen LogP contribution in [0.25, 0.3) is 11.0 Å². The van der Waals surface area contributed by atoms with Gasteiger partial charge in [-0.05, 0) is 62.3 Å². The zero-order chi connectivity index (χ0) is 22.6. The molecule has 0 aliphatic rings. The highest BCUT2D eigenvalue weighted by Gasteiger charge is 2.18. The number of sulfonamides is 1. The predicted octanol–water partition coefficient (Wildman–Crippen LogP) is 3.81. The van der Waals surface area contributed by atoms with Crippen molar-refractivity contribution in [1.82, 2.24) is 19.2 Å². The summed E-state index contributed by atoms with van der Waals surface area (Å²) in [7, 11) is 0.573. The molecule has 0 radical (unpaired) electrons. The normalized spacial score (nSPS) is 12.7. The molecule has 1 N–H and O–H groups in total. The van der Waals surface area contributed by atoms with Crippen LogP contribution in [0.4, 0.5) is 0 Å². The second-order valence-corrected chi connectivity index (χ2v) is 11.0. The Labute approximate surface area is 186 Å². The Hall–Kier alpha value is -2.22. The van der Waals surface area contributed by atoms with Crippen LogP contribution in [0, 0.1) is 0 Å². The van der Waals surface area contributed by atoms with Crippen molar-refractivity contribution in [3.63, 3.8) is 0 Å². The van der Waals surface area contributed by atoms with Gasteiger partial charge in [0.2, 0.25) is 10.0 Å². The van der Waals surface area contributed by atoms with Crippen LogP contribution in [0.5, 0.6) is 0 Å². The molecule has 1 aromatic heterocycles. The molecule has 0 unspecified atom stereocenters. The minimum Gasteiger partial charge on any atom is -0.328 e. The summed E-state index contributed by atoms with van der Waals surface area (Å²) in [5.41, 5.74) is 3.14. The SMILES string of the molecule is CN(C)CCCn1c(CCNS(=O)(=O)c2ccc(C(C)(C)C)cc2)nc2ccccc21. The molecule has 0 saturated heterocycles. The Morgan fingerprint density at radius 3 is 2.35 bits per heavy atom. The summed E-state index contributed by atoms with van der Waals surface area (Å²) in [6.45, 7) is 8.48. The van der Waals surface area contributed by atoms with E-state index in [0.29, 0.717) is 17.9 Å². The van der Waals surface area contributed by atoms with Crippen molar-refractivity contribution in [2.75, 3.05) is 27.2 Å². The van der Waals surface area contributed by atoms with Crippen molar-refractivity contribution in [1.29, 1.82) is 0 Å². The lowest BCUT2D eigenvalue weighted by molar-refractivity contribution is 0.386. The molecule has 0 bridgehead atoms. The van der Waals surface area contributed by atoms with Crippen molar-refractivity contribution in [3.8, 4) is 0 Å². The van der Waals surface area contributed by atoms with E-state index in [1.54, 1.807) is 12.1 Å². The standard InChI is InChI=1S/C24H34N4O2S/c1-24(2,3)19-11-13-20(14-12-19)31(29,30)25-16-15-23-26-21-9-6-7-10-22(21)28(23)18-8-17-27(4)5/h6-7,9-14,25H,8,15-18H2,1-5H3. The summed E-state index contributed by atoms with van der Waals surface area (Å²) in [5.74, 6) is 0.908. The Kier molecular flexibility index (Phi) is 7.19. The molecule has 2 aromatic carbocycles. The van der Waals surface area contributed by atoms with E-state index in [2.05, 4.69) is 55.1 Å². The number of aryl methyl sites for hydroxylation is 1. The van der Waals surface area contributed by atoms with E-state index in [9.17, 15) is 8.42 Å². The van der Waals surface area contributed by atoms with Gasteiger partial charge >= 0.3 is 0 Å². The summed E-state index contributed by atoms with van der Waals surface area (Å²) < 4.78 is 30.4. The summed E-state index contributed by atoms with van der Waals surface area (Å²) in [6, 6.07) is 15.2. The number of benzene rings is 2. The fourth-order valence-corrected chi connectivity index (χ4v) is 4.66. The van der Waals surface area contributed by atoms with E-state index in [-0.39, 0.29) is 5.41 Å². The Morgan fingerprint density at radius 2 is 1.71 bits per heavy atom. The van der Waals surface area contributed by atoms with Crippen LogP contribution in [-0.4, -0.2) is 50.1 Å². The number of fused-ring (bicyclic) bond motifs is 1. The number of nitrogens with zero attached hydrogens (tertiary/aromatic N) is 3. The number of imidazole rings is 1. The average molecular weight is 443 g/mol. The molecule has 0 spiro atoms. The van der Waals surface area contributed by atoms with E-state index in [4.69, 9.17) is 4.98 Å². The highest BCUT2D eigenvalue weighted by molar-refractivity contribution is 7.89. The van der Waals surface area contributed by atoms with Gasteiger partial charge in [0.15, 0.2) is 0 Å². The molecule has 1 heterocycles. The number of para-hydroxylation sites is 2. The molecule has 7 heteroatoms. The lowest BCUT2D eigenvalue weighted by Gasteiger charge is -2.19. The van der Waals surface area contributed by atoms with Crippen LogP contribution < -0.4 is 4.72 Å². The second kappa shape index (κ2) is 9.51. The third-order valence-corrected chi connectivity index (χ3v) is 6.87. The fourth-order valence-electron chi connectivity index (χ4n) is 3.63. The first-order chi connectivity index (χ1) is 14.6. The van der Waals surface area contributed by atoms with Gasteiger partial charge in [-0.15, -0.1) is 0 Å². The first-order valence-electron chi connectivity index (χ1n) is 10.8. The molecular formula is C24H34N4O2S. The maximum Gasteiger partial charge on any atom is 0.240 e. The van der Waals surface area contributed by atoms with Crippen LogP contribution in [0.15, 0.2) is 53.4 Å². The number of hydrogen-bond donors (Lipinski definition) is 1. The highest BCUT2D eigenvalue weighted by atomic mass is 32.2. The summed E-state index contributed by atoms with van der Waals surface area (Å²) in [6.07, 6.45) is 1.54. The molecule has 3 aromatic rings. The van der Waals surface area contributed by atoms with Gasteiger partial charge in [0.05, 0.1) is 15.9 Å². The van der Waals surface area contributed by atoms with Crippen molar-refractivity contribution in [2.24, 2.45) is 0 Å². The molecule has 0 fully saturated rings. The van der Waals surface area contributed by atoms with E-state index in [1.165, 1.54) is 0 Å². The summed E-state index contributed by atoms with van der Waals surface area (Å²) in [4.78, 5) is 7.21. The van der Waals surface area contributed by atoms with E-state index in [0.717, 1.165) is 41.9 Å². The van der Waals surface area contributed by atoms with Gasteiger partial charge in [-0.2, -0.15) is 0 Å². The molecular weight excluding hydrogens is 408 g/mol. The maximum absolute atomic E-state index is 12.7. The lowest BCUT2D eigenvalue weighted by atomic mass is 9.87. The number of rotatable bonds is 9. The first-order valence-corrected chi connectivity index (χ1v) is 12.3. The quantitative estimate of drug-likeness (QED) is 0.547. The van der Waals surface area contributed by atoms with Crippen LogP contribution in [-0.2, 0) is 28.4 Å². The van der Waals surface area contributed by atoms with Crippen molar-refractivity contribution in [2.45, 2.75) is 50.5 Å². The van der Waals surface area contributed by atoms with Gasteiger partial charge in [0.1, 0.15) is 5.82 Å². The van der Waals surface area contributed by atoms with Gasteiger partial charge in [0.25, 0.3) is 0 Å². The summed E-state index contributed by atoms with van der Waals surface area (Å²) in [5, 5.41) is 0. The molecule has 168 valence electrons. The predicted molar refractivity (Wildman–Crippen MR) is 127 cm³/mol. The zero-order valence-electron chi connectivity index (χ0n) is 19.2. The van der Waals surface area contributed by atoms with E-state index in [1.807, 2.05) is 30.3 Å². The fraction of sp³-hybridized carbons (Fsp3) is 0.458. The largest absolute Gasteiger partial charge is 0.328 e. The third-order valence-electron chi connectivity index (χ3n) is 5.39. The first kappa shape index (κ1) is 23.4. The van der Waals surface area contributed by atoms with Crippen LogP contribution in [0.1, 0.15) is 38.6 Å². The van der Waals surface area contributed by atoms with Crippen molar-refractivity contribution < 1.29 is 8.42 Å². The molecule has 0 aliphatic heterocycles. The van der Waals surface area contributed by atoms with Gasteiger partial charge < -0.3 is 9.47 Å². The smallest absolute Gasteiger partial charge is 0.240 e. The second-order valence-electron chi connectivity index (χ2n) is 9.25. The Morgan fingerprint density at radius 1 is 1.03 bits per heavy atom. The van der Waals surface area contributed by atoms with Crippen LogP contribution in [0.3, 0.4) is 0 Å². The molecule has 31 heavy (non-hydrogen) atoms. The van der Waals surface area contributed by atoms with Gasteiger partial charge in [-0.3, -0.25) is 0 Å². The molecule has 6 nitrogen and oxygen atoms in total. The number of aromatic nitrogens is 2. The number of hydrogen-bond acceptors (Lipinski definition) is 4. The zero-order valence-corrected chi connectivity index (χ0v) is 20.0. The van der Waals surface area contributed by atoms with Gasteiger partial charge in [0, 0.05) is 19.5 Å². The third kappa shape index (κ3) is 5.93. The van der Waals surface area contributed by atoms with Crippen LogP contribution in [0.2, 0.25) is 0 Å². The minimum absolute atomic E-state index is 0.0125. The maximum atomic E-state index is 12.7. The monoisotopic (exact) mass is 442 g/mol. The highest BCUT2D eigenvalue weighted by Crippen LogP contribution is 2.23. The van der Waals surface area contributed by atoms with Gasteiger partial charge in [-0.25, -0.2) is 18.1 Å². The minimum atomic E-state index is -3.56. The molecule has 0 saturated carbocycles. The lowest BCUT2D eigenvalue weighted by Crippen LogP contribution is -2.27. The average Bonchev–Trinajstić information content (AvgIpc) is 3.05. The Bertz CT molecular complexity index is 1110. The van der Waals surface area contributed by atoms with E-state index < -0.39 is 10.0 Å². The van der Waals surface area contributed by atoms with Crippen molar-refractivity contribution in [3.05, 3.63) is 59.9 Å². The number of nitrogens with one attached hydrogen (secondary N) is 1. The van der Waals surface area contributed by atoms with E-state index >= 15 is 0 Å². The molecule has 3 rings (SSSR count). The summed E-state index contributed by atoms with van der Waals surface area (Å²) >= 11 is 0. The van der Waals surface area contributed by atoms with Crippen molar-refractivity contribution >= 4 is 21.1 Å².